The van der Waals surface area contributed by atoms with Crippen molar-refractivity contribution in [3.8, 4) is 11.3 Å². The third-order valence-corrected chi connectivity index (χ3v) is 4.16. The van der Waals surface area contributed by atoms with Crippen molar-refractivity contribution in [3.63, 3.8) is 0 Å². The van der Waals surface area contributed by atoms with Crippen molar-refractivity contribution in [3.05, 3.63) is 83.1 Å². The molecule has 4 heteroatoms. The van der Waals surface area contributed by atoms with Crippen molar-refractivity contribution in [1.82, 2.24) is 9.78 Å². The first kappa shape index (κ1) is 16.7. The maximum absolute atomic E-state index is 10.9. The number of hydrogen-bond acceptors (Lipinski definition) is 2. The van der Waals surface area contributed by atoms with Gasteiger partial charge in [0.25, 0.3) is 0 Å². The average molecular weight is 332 g/mol. The molecule has 0 saturated heterocycles. The van der Waals surface area contributed by atoms with Crippen LogP contribution in [0.4, 0.5) is 0 Å². The van der Waals surface area contributed by atoms with E-state index in [0.717, 1.165) is 28.5 Å². The molecule has 1 N–H and O–H groups in total. The van der Waals surface area contributed by atoms with Crippen LogP contribution in [0.3, 0.4) is 0 Å². The first-order valence-corrected chi connectivity index (χ1v) is 8.13. The molecule has 25 heavy (non-hydrogen) atoms. The van der Waals surface area contributed by atoms with Crippen LogP contribution in [0.5, 0.6) is 0 Å². The molecule has 126 valence electrons. The van der Waals surface area contributed by atoms with Crippen molar-refractivity contribution >= 4 is 12.0 Å². The highest BCUT2D eigenvalue weighted by Crippen LogP contribution is 2.25. The summed E-state index contributed by atoms with van der Waals surface area (Å²) in [6, 6.07) is 16.2. The highest BCUT2D eigenvalue weighted by molar-refractivity contribution is 5.87. The van der Waals surface area contributed by atoms with Crippen LogP contribution in [0, 0.1) is 13.8 Å². The normalized spacial score (nSPS) is 11.1. The fraction of sp³-hybridized carbons (Fsp3) is 0.143. The zero-order chi connectivity index (χ0) is 17.8. The fourth-order valence-corrected chi connectivity index (χ4v) is 2.68. The van der Waals surface area contributed by atoms with Gasteiger partial charge in [-0.05, 0) is 42.7 Å². The van der Waals surface area contributed by atoms with Crippen LogP contribution in [0.15, 0.2) is 60.8 Å². The molecule has 0 aliphatic rings. The van der Waals surface area contributed by atoms with E-state index in [9.17, 15) is 4.79 Å². The van der Waals surface area contributed by atoms with Gasteiger partial charge in [0.15, 0.2) is 0 Å². The molecule has 4 nitrogen and oxygen atoms in total. The summed E-state index contributed by atoms with van der Waals surface area (Å²) in [6.45, 7) is 4.77. The van der Waals surface area contributed by atoms with Gasteiger partial charge in [-0.2, -0.15) is 5.10 Å². The molecule has 0 spiro atoms. The number of hydrogen-bond donors (Lipinski definition) is 1. The first-order chi connectivity index (χ1) is 12.0. The van der Waals surface area contributed by atoms with Gasteiger partial charge in [-0.1, -0.05) is 42.5 Å². The second-order valence-corrected chi connectivity index (χ2v) is 6.09. The Bertz CT molecular complexity index is 924. The minimum absolute atomic E-state index is 0.638. The Morgan fingerprint density at radius 2 is 1.88 bits per heavy atom. The molecule has 3 aromatic rings. The standard InChI is InChI=1S/C21H20N2O2/c1-15-8-9-18(12-16(15)2)21-19(10-11-20(24)25)14-23(22-21)13-17-6-4-3-5-7-17/h3-12,14H,13H2,1-2H3,(H,24,25)/b11-10+. The first-order valence-electron chi connectivity index (χ1n) is 8.13. The van der Waals surface area contributed by atoms with E-state index in [1.54, 1.807) is 6.08 Å². The predicted octanol–water partition coefficient (Wildman–Crippen LogP) is 4.31. The Hall–Kier alpha value is -3.14. The summed E-state index contributed by atoms with van der Waals surface area (Å²) in [5, 5.41) is 13.6. The molecule has 0 aliphatic heterocycles. The van der Waals surface area contributed by atoms with Crippen LogP contribution in [0.25, 0.3) is 17.3 Å². The second kappa shape index (κ2) is 7.18. The molecule has 0 amide bonds. The van der Waals surface area contributed by atoms with Crippen molar-refractivity contribution in [2.45, 2.75) is 20.4 Å². The summed E-state index contributed by atoms with van der Waals surface area (Å²) in [5.41, 5.74) is 6.11. The van der Waals surface area contributed by atoms with Crippen LogP contribution in [-0.2, 0) is 11.3 Å². The number of nitrogens with zero attached hydrogens (tertiary/aromatic N) is 2. The average Bonchev–Trinajstić information content (AvgIpc) is 2.99. The van der Waals surface area contributed by atoms with Crippen LogP contribution in [-0.4, -0.2) is 20.9 Å². The summed E-state index contributed by atoms with van der Waals surface area (Å²) < 4.78 is 1.85. The van der Waals surface area contributed by atoms with Crippen molar-refractivity contribution in [2.24, 2.45) is 0 Å². The van der Waals surface area contributed by atoms with E-state index in [1.807, 2.05) is 47.3 Å². The molecule has 0 atom stereocenters. The molecule has 3 rings (SSSR count). The smallest absolute Gasteiger partial charge is 0.328 e. The summed E-state index contributed by atoms with van der Waals surface area (Å²) >= 11 is 0. The van der Waals surface area contributed by atoms with Gasteiger partial charge in [-0.15, -0.1) is 0 Å². The monoisotopic (exact) mass is 332 g/mol. The quantitative estimate of drug-likeness (QED) is 0.708. The van der Waals surface area contributed by atoms with Gasteiger partial charge in [0.2, 0.25) is 0 Å². The Morgan fingerprint density at radius 3 is 2.56 bits per heavy atom. The van der Waals surface area contributed by atoms with E-state index in [1.165, 1.54) is 11.1 Å². The third-order valence-electron chi connectivity index (χ3n) is 4.16. The van der Waals surface area contributed by atoms with Gasteiger partial charge in [0, 0.05) is 23.4 Å². The lowest BCUT2D eigenvalue weighted by Gasteiger charge is -2.04. The molecule has 0 aliphatic carbocycles. The van der Waals surface area contributed by atoms with Gasteiger partial charge in [0.05, 0.1) is 12.2 Å². The minimum Gasteiger partial charge on any atom is -0.478 e. The number of aromatic nitrogens is 2. The van der Waals surface area contributed by atoms with E-state index >= 15 is 0 Å². The van der Waals surface area contributed by atoms with Crippen LogP contribution >= 0.6 is 0 Å². The number of carbonyl (C=O) groups is 1. The highest BCUT2D eigenvalue weighted by Gasteiger charge is 2.11. The Labute approximate surface area is 147 Å². The lowest BCUT2D eigenvalue weighted by Crippen LogP contribution is -2.00. The van der Waals surface area contributed by atoms with E-state index in [4.69, 9.17) is 10.2 Å². The van der Waals surface area contributed by atoms with Gasteiger partial charge in [-0.25, -0.2) is 4.79 Å². The highest BCUT2D eigenvalue weighted by atomic mass is 16.4. The predicted molar refractivity (Wildman–Crippen MR) is 99.4 cm³/mol. The van der Waals surface area contributed by atoms with Crippen molar-refractivity contribution in [1.29, 1.82) is 0 Å². The van der Waals surface area contributed by atoms with Crippen LogP contribution in [0.2, 0.25) is 0 Å². The summed E-state index contributed by atoms with van der Waals surface area (Å²) in [4.78, 5) is 10.9. The molecule has 0 unspecified atom stereocenters. The van der Waals surface area contributed by atoms with Gasteiger partial charge >= 0.3 is 5.97 Å². The Kier molecular flexibility index (Phi) is 4.80. The maximum atomic E-state index is 10.9. The molecule has 1 heterocycles. The molecule has 0 radical (unpaired) electrons. The number of carboxylic acid groups (broad SMARTS) is 1. The molecule has 0 bridgehead atoms. The van der Waals surface area contributed by atoms with Gasteiger partial charge in [0.1, 0.15) is 0 Å². The molecule has 0 fully saturated rings. The van der Waals surface area contributed by atoms with E-state index in [2.05, 4.69) is 26.0 Å². The number of rotatable bonds is 5. The summed E-state index contributed by atoms with van der Waals surface area (Å²) in [6.07, 6.45) is 4.63. The SMILES string of the molecule is Cc1ccc(-c2nn(Cc3ccccc3)cc2/C=C/C(=O)O)cc1C. The number of aryl methyl sites for hydroxylation is 2. The maximum Gasteiger partial charge on any atom is 0.328 e. The van der Waals surface area contributed by atoms with Crippen molar-refractivity contribution in [2.75, 3.05) is 0 Å². The van der Waals surface area contributed by atoms with E-state index in [-0.39, 0.29) is 0 Å². The molecular formula is C21H20N2O2. The van der Waals surface area contributed by atoms with Crippen LogP contribution in [0.1, 0.15) is 22.3 Å². The third kappa shape index (κ3) is 4.04. The topological polar surface area (TPSA) is 55.1 Å². The van der Waals surface area contributed by atoms with Crippen molar-refractivity contribution < 1.29 is 9.90 Å². The molecule has 2 aromatic carbocycles. The van der Waals surface area contributed by atoms with Gasteiger partial charge < -0.3 is 5.11 Å². The Balaban J connectivity index is 2.02. The fourth-order valence-electron chi connectivity index (χ4n) is 2.68. The van der Waals surface area contributed by atoms with Gasteiger partial charge in [-0.3, -0.25) is 4.68 Å². The zero-order valence-electron chi connectivity index (χ0n) is 14.3. The molecule has 1 aromatic heterocycles. The van der Waals surface area contributed by atoms with E-state index < -0.39 is 5.97 Å². The minimum atomic E-state index is -0.971. The van der Waals surface area contributed by atoms with Crippen LogP contribution < -0.4 is 0 Å². The number of aliphatic carboxylic acids is 1. The van der Waals surface area contributed by atoms with E-state index in [0.29, 0.717) is 6.54 Å². The molecular weight excluding hydrogens is 312 g/mol. The zero-order valence-corrected chi connectivity index (χ0v) is 14.3. The number of carboxylic acids is 1. The number of benzene rings is 2. The Morgan fingerprint density at radius 1 is 1.12 bits per heavy atom. The lowest BCUT2D eigenvalue weighted by molar-refractivity contribution is -0.131. The molecule has 0 saturated carbocycles. The second-order valence-electron chi connectivity index (χ2n) is 6.09. The largest absolute Gasteiger partial charge is 0.478 e. The summed E-state index contributed by atoms with van der Waals surface area (Å²) in [5.74, 6) is -0.971. The summed E-state index contributed by atoms with van der Waals surface area (Å²) in [7, 11) is 0. The lowest BCUT2D eigenvalue weighted by atomic mass is 10.0.